The largest absolute Gasteiger partial charge is 0.387 e. The number of rotatable bonds is 4. The lowest BCUT2D eigenvalue weighted by Crippen LogP contribution is -2.23. The van der Waals surface area contributed by atoms with Crippen LogP contribution in [0.1, 0.15) is 33.8 Å². The normalized spacial score (nSPS) is 18.6. The molecule has 2 N–H and O–H groups in total. The predicted octanol–water partition coefficient (Wildman–Crippen LogP) is 3.91. The van der Waals surface area contributed by atoms with Gasteiger partial charge in [0.15, 0.2) is 0 Å². The summed E-state index contributed by atoms with van der Waals surface area (Å²) in [6.07, 6.45) is 3.05. The molecule has 1 aromatic carbocycles. The second kappa shape index (κ2) is 5.92. The number of aryl methyl sites for hydroxylation is 2. The molecule has 1 aliphatic heterocycles. The molecule has 1 atom stereocenters. The fourth-order valence-corrected chi connectivity index (χ4v) is 3.54. The Kier molecular flexibility index (Phi) is 3.99. The van der Waals surface area contributed by atoms with Crippen LogP contribution in [0, 0.1) is 6.92 Å². The summed E-state index contributed by atoms with van der Waals surface area (Å²) in [6.45, 7) is 5.03. The van der Waals surface area contributed by atoms with Crippen molar-refractivity contribution in [3.63, 3.8) is 0 Å². The zero-order valence-electron chi connectivity index (χ0n) is 12.4. The SMILES string of the molecule is CCc1ccc(C2C=C(N)ON2Cc2ccccc2C)s1. The van der Waals surface area contributed by atoms with E-state index in [4.69, 9.17) is 10.6 Å². The molecule has 0 saturated heterocycles. The molecule has 0 aliphatic carbocycles. The highest BCUT2D eigenvalue weighted by atomic mass is 32.1. The first-order valence-electron chi connectivity index (χ1n) is 7.22. The zero-order valence-corrected chi connectivity index (χ0v) is 13.2. The number of hydrogen-bond acceptors (Lipinski definition) is 4. The molecule has 110 valence electrons. The summed E-state index contributed by atoms with van der Waals surface area (Å²) in [5.74, 6) is 0.486. The van der Waals surface area contributed by atoms with Gasteiger partial charge in [0.1, 0.15) is 6.04 Å². The first kappa shape index (κ1) is 14.2. The fraction of sp³-hybridized carbons (Fsp3) is 0.294. The van der Waals surface area contributed by atoms with Crippen molar-refractivity contribution in [2.24, 2.45) is 5.73 Å². The van der Waals surface area contributed by atoms with E-state index < -0.39 is 0 Å². The second-order valence-corrected chi connectivity index (χ2v) is 6.46. The third-order valence-corrected chi connectivity index (χ3v) is 5.07. The minimum absolute atomic E-state index is 0.106. The highest BCUT2D eigenvalue weighted by Gasteiger charge is 2.28. The van der Waals surface area contributed by atoms with E-state index in [-0.39, 0.29) is 6.04 Å². The summed E-state index contributed by atoms with van der Waals surface area (Å²) >= 11 is 1.83. The molecule has 0 amide bonds. The van der Waals surface area contributed by atoms with Crippen molar-refractivity contribution in [3.05, 3.63) is 69.2 Å². The van der Waals surface area contributed by atoms with Gasteiger partial charge in [-0.15, -0.1) is 16.4 Å². The molecule has 0 bridgehead atoms. The summed E-state index contributed by atoms with van der Waals surface area (Å²) in [7, 11) is 0. The molecule has 0 fully saturated rings. The molecule has 0 radical (unpaired) electrons. The van der Waals surface area contributed by atoms with Gasteiger partial charge in [0, 0.05) is 15.8 Å². The van der Waals surface area contributed by atoms with Gasteiger partial charge in [-0.25, -0.2) is 0 Å². The Morgan fingerprint density at radius 3 is 2.76 bits per heavy atom. The van der Waals surface area contributed by atoms with Gasteiger partial charge in [0.05, 0.1) is 6.54 Å². The predicted molar refractivity (Wildman–Crippen MR) is 86.5 cm³/mol. The quantitative estimate of drug-likeness (QED) is 0.930. The Hall–Kier alpha value is -1.78. The highest BCUT2D eigenvalue weighted by Crippen LogP contribution is 2.35. The maximum Gasteiger partial charge on any atom is 0.207 e. The van der Waals surface area contributed by atoms with Crippen molar-refractivity contribution in [2.45, 2.75) is 32.9 Å². The lowest BCUT2D eigenvalue weighted by Gasteiger charge is -2.22. The van der Waals surface area contributed by atoms with E-state index >= 15 is 0 Å². The van der Waals surface area contributed by atoms with Crippen LogP contribution in [0.5, 0.6) is 0 Å². The summed E-state index contributed by atoms with van der Waals surface area (Å²) in [5, 5.41) is 1.96. The molecule has 1 aromatic heterocycles. The molecule has 3 nitrogen and oxygen atoms in total. The van der Waals surface area contributed by atoms with Gasteiger partial charge in [-0.2, -0.15) is 0 Å². The lowest BCUT2D eigenvalue weighted by molar-refractivity contribution is -0.127. The third-order valence-electron chi connectivity index (χ3n) is 3.76. The standard InChI is InChI=1S/C17H20N2OS/c1-3-14-8-9-16(21-14)15-10-17(18)20-19(15)11-13-7-5-4-6-12(13)2/h4-10,15H,3,11,18H2,1-2H3. The Morgan fingerprint density at radius 1 is 1.24 bits per heavy atom. The minimum atomic E-state index is 0.106. The van der Waals surface area contributed by atoms with Gasteiger partial charge in [0.2, 0.25) is 5.88 Å². The Morgan fingerprint density at radius 2 is 2.05 bits per heavy atom. The monoisotopic (exact) mass is 300 g/mol. The van der Waals surface area contributed by atoms with Gasteiger partial charge in [-0.3, -0.25) is 0 Å². The fourth-order valence-electron chi connectivity index (χ4n) is 2.51. The van der Waals surface area contributed by atoms with Crippen LogP contribution in [0.15, 0.2) is 48.4 Å². The van der Waals surface area contributed by atoms with E-state index in [2.05, 4.69) is 50.2 Å². The van der Waals surface area contributed by atoms with Crippen molar-refractivity contribution in [3.8, 4) is 0 Å². The number of nitrogens with two attached hydrogens (primary N) is 1. The maximum atomic E-state index is 5.89. The molecule has 2 aromatic rings. The summed E-state index contributed by atoms with van der Waals surface area (Å²) in [4.78, 5) is 8.38. The topological polar surface area (TPSA) is 38.5 Å². The zero-order chi connectivity index (χ0) is 14.8. The smallest absolute Gasteiger partial charge is 0.207 e. The van der Waals surface area contributed by atoms with E-state index in [1.807, 2.05) is 22.5 Å². The van der Waals surface area contributed by atoms with Crippen molar-refractivity contribution < 1.29 is 4.84 Å². The van der Waals surface area contributed by atoms with Gasteiger partial charge < -0.3 is 10.6 Å². The number of benzene rings is 1. The van der Waals surface area contributed by atoms with Crippen LogP contribution in [-0.2, 0) is 17.8 Å². The summed E-state index contributed by atoms with van der Waals surface area (Å²) in [5.41, 5.74) is 8.42. The average molecular weight is 300 g/mol. The van der Waals surface area contributed by atoms with Crippen LogP contribution in [0.25, 0.3) is 0 Å². The van der Waals surface area contributed by atoms with Crippen molar-refractivity contribution >= 4 is 11.3 Å². The van der Waals surface area contributed by atoms with Gasteiger partial charge >= 0.3 is 0 Å². The van der Waals surface area contributed by atoms with Gasteiger partial charge in [-0.1, -0.05) is 31.2 Å². The first-order valence-corrected chi connectivity index (χ1v) is 8.04. The van der Waals surface area contributed by atoms with E-state index in [1.165, 1.54) is 20.9 Å². The molecular formula is C17H20N2OS. The average Bonchev–Trinajstić information content (AvgIpc) is 3.07. The number of thiophene rings is 1. The van der Waals surface area contributed by atoms with Crippen LogP contribution in [0.2, 0.25) is 0 Å². The summed E-state index contributed by atoms with van der Waals surface area (Å²) in [6, 6.07) is 12.8. The first-order chi connectivity index (χ1) is 10.2. The Labute approximate surface area is 129 Å². The molecule has 1 aliphatic rings. The lowest BCUT2D eigenvalue weighted by atomic mass is 10.1. The van der Waals surface area contributed by atoms with Crippen LogP contribution in [-0.4, -0.2) is 5.06 Å². The van der Waals surface area contributed by atoms with Crippen LogP contribution < -0.4 is 5.73 Å². The number of nitrogens with zero attached hydrogens (tertiary/aromatic N) is 1. The van der Waals surface area contributed by atoms with Gasteiger partial charge in [-0.05, 0) is 36.6 Å². The van der Waals surface area contributed by atoms with E-state index in [0.29, 0.717) is 5.88 Å². The van der Waals surface area contributed by atoms with Gasteiger partial charge in [0.25, 0.3) is 0 Å². The van der Waals surface area contributed by atoms with E-state index in [0.717, 1.165) is 13.0 Å². The molecule has 2 heterocycles. The maximum absolute atomic E-state index is 5.89. The van der Waals surface area contributed by atoms with Crippen LogP contribution in [0.4, 0.5) is 0 Å². The van der Waals surface area contributed by atoms with Crippen molar-refractivity contribution in [1.29, 1.82) is 0 Å². The minimum Gasteiger partial charge on any atom is -0.387 e. The second-order valence-electron chi connectivity index (χ2n) is 5.26. The molecule has 21 heavy (non-hydrogen) atoms. The molecule has 3 rings (SSSR count). The molecule has 4 heteroatoms. The molecular weight excluding hydrogens is 280 g/mol. The molecule has 0 spiro atoms. The van der Waals surface area contributed by atoms with E-state index in [9.17, 15) is 0 Å². The number of hydroxylamine groups is 2. The van der Waals surface area contributed by atoms with Crippen LogP contribution >= 0.6 is 11.3 Å². The Bertz CT molecular complexity index is 662. The van der Waals surface area contributed by atoms with Crippen molar-refractivity contribution in [2.75, 3.05) is 0 Å². The number of hydrogen-bond donors (Lipinski definition) is 1. The van der Waals surface area contributed by atoms with E-state index in [1.54, 1.807) is 0 Å². The molecule has 1 unspecified atom stereocenters. The third kappa shape index (κ3) is 2.96. The summed E-state index contributed by atoms with van der Waals surface area (Å²) < 4.78 is 0. The Balaban J connectivity index is 1.83. The highest BCUT2D eigenvalue weighted by molar-refractivity contribution is 7.12. The van der Waals surface area contributed by atoms with Crippen LogP contribution in [0.3, 0.4) is 0 Å². The van der Waals surface area contributed by atoms with Crippen molar-refractivity contribution in [1.82, 2.24) is 5.06 Å². The molecule has 0 saturated carbocycles.